The second-order valence-corrected chi connectivity index (χ2v) is 3.86. The lowest BCUT2D eigenvalue weighted by atomic mass is 10.2. The molecule has 1 unspecified atom stereocenters. The number of anilines is 3. The largest absolute Gasteiger partial charge is 0.370 e. The first-order valence-electron chi connectivity index (χ1n) is 5.80. The lowest BCUT2D eigenvalue weighted by Gasteiger charge is -2.14. The lowest BCUT2D eigenvalue weighted by Crippen LogP contribution is -2.16. The highest BCUT2D eigenvalue weighted by Crippen LogP contribution is 2.14. The molecule has 0 aliphatic rings. The van der Waals surface area contributed by atoms with Gasteiger partial charge in [-0.1, -0.05) is 13.3 Å². The van der Waals surface area contributed by atoms with Crippen LogP contribution < -0.4 is 16.4 Å². The number of aromatic nitrogens is 2. The molecule has 1 aromatic heterocycles. The van der Waals surface area contributed by atoms with Crippen LogP contribution in [0.3, 0.4) is 0 Å². The normalized spacial score (nSPS) is 12.2. The summed E-state index contributed by atoms with van der Waals surface area (Å²) in [6.07, 6.45) is 2.26. The van der Waals surface area contributed by atoms with Crippen molar-refractivity contribution in [1.82, 2.24) is 9.97 Å². The topological polar surface area (TPSA) is 75.9 Å². The second-order valence-electron chi connectivity index (χ2n) is 3.86. The standard InChI is InChI=1S/C11H21N5/c1-4-6-8(3)14-10-7-9(13-5-2)15-11(12)16-10/h7-8H,4-6H2,1-3H3,(H4,12,13,14,15,16). The summed E-state index contributed by atoms with van der Waals surface area (Å²) in [6, 6.07) is 2.28. The van der Waals surface area contributed by atoms with Crippen LogP contribution in [0, 0.1) is 0 Å². The molecule has 1 rings (SSSR count). The van der Waals surface area contributed by atoms with Gasteiger partial charge in [-0.25, -0.2) is 0 Å². The molecule has 1 atom stereocenters. The Labute approximate surface area is 96.9 Å². The highest BCUT2D eigenvalue weighted by molar-refractivity contribution is 5.51. The van der Waals surface area contributed by atoms with E-state index in [9.17, 15) is 0 Å². The van der Waals surface area contributed by atoms with Gasteiger partial charge in [0.25, 0.3) is 0 Å². The molecule has 0 amide bonds. The van der Waals surface area contributed by atoms with Crippen LogP contribution in [-0.4, -0.2) is 22.6 Å². The third-order valence-corrected chi connectivity index (χ3v) is 2.22. The summed E-state index contributed by atoms with van der Waals surface area (Å²) in [7, 11) is 0. The molecular weight excluding hydrogens is 202 g/mol. The van der Waals surface area contributed by atoms with Crippen molar-refractivity contribution in [3.63, 3.8) is 0 Å². The minimum absolute atomic E-state index is 0.296. The zero-order valence-electron chi connectivity index (χ0n) is 10.2. The van der Waals surface area contributed by atoms with E-state index in [0.29, 0.717) is 12.0 Å². The molecule has 0 aliphatic heterocycles. The number of nitrogen functional groups attached to an aromatic ring is 1. The number of nitrogens with one attached hydrogen (secondary N) is 2. The minimum Gasteiger partial charge on any atom is -0.370 e. The molecule has 0 saturated carbocycles. The summed E-state index contributed by atoms with van der Waals surface area (Å²) < 4.78 is 0. The van der Waals surface area contributed by atoms with Gasteiger partial charge in [0.15, 0.2) is 0 Å². The van der Waals surface area contributed by atoms with Gasteiger partial charge in [0.1, 0.15) is 11.6 Å². The van der Waals surface area contributed by atoms with Gasteiger partial charge in [-0.05, 0) is 20.3 Å². The molecule has 0 radical (unpaired) electrons. The molecule has 0 fully saturated rings. The van der Waals surface area contributed by atoms with Crippen LogP contribution in [0.25, 0.3) is 0 Å². The molecule has 0 spiro atoms. The van der Waals surface area contributed by atoms with E-state index >= 15 is 0 Å². The Hall–Kier alpha value is -1.52. The zero-order valence-corrected chi connectivity index (χ0v) is 10.2. The first kappa shape index (κ1) is 12.5. The molecule has 90 valence electrons. The number of hydrogen-bond acceptors (Lipinski definition) is 5. The van der Waals surface area contributed by atoms with E-state index in [4.69, 9.17) is 5.73 Å². The molecule has 4 N–H and O–H groups in total. The van der Waals surface area contributed by atoms with Crippen molar-refractivity contribution in [3.05, 3.63) is 6.07 Å². The smallest absolute Gasteiger partial charge is 0.223 e. The van der Waals surface area contributed by atoms with E-state index in [-0.39, 0.29) is 0 Å². The van der Waals surface area contributed by atoms with Crippen LogP contribution in [0.2, 0.25) is 0 Å². The maximum absolute atomic E-state index is 5.64. The van der Waals surface area contributed by atoms with Gasteiger partial charge in [0, 0.05) is 18.7 Å². The predicted octanol–water partition coefficient (Wildman–Crippen LogP) is 2.09. The molecule has 0 aliphatic carbocycles. The molecular formula is C11H21N5. The van der Waals surface area contributed by atoms with Crippen molar-refractivity contribution in [1.29, 1.82) is 0 Å². The maximum atomic E-state index is 5.64. The number of hydrogen-bond donors (Lipinski definition) is 3. The fourth-order valence-electron chi connectivity index (χ4n) is 1.57. The van der Waals surface area contributed by atoms with Crippen molar-refractivity contribution < 1.29 is 0 Å². The average Bonchev–Trinajstić information content (AvgIpc) is 2.17. The van der Waals surface area contributed by atoms with Crippen LogP contribution in [0.1, 0.15) is 33.6 Å². The monoisotopic (exact) mass is 223 g/mol. The summed E-state index contributed by atoms with van der Waals surface area (Å²) in [6.45, 7) is 7.14. The van der Waals surface area contributed by atoms with Gasteiger partial charge in [0.05, 0.1) is 0 Å². The Morgan fingerprint density at radius 3 is 2.62 bits per heavy atom. The summed E-state index contributed by atoms with van der Waals surface area (Å²) in [5.74, 6) is 1.84. The molecule has 0 aromatic carbocycles. The average molecular weight is 223 g/mol. The third-order valence-electron chi connectivity index (χ3n) is 2.22. The molecule has 1 heterocycles. The zero-order chi connectivity index (χ0) is 12.0. The van der Waals surface area contributed by atoms with Crippen LogP contribution in [-0.2, 0) is 0 Å². The molecule has 5 nitrogen and oxygen atoms in total. The van der Waals surface area contributed by atoms with E-state index in [1.165, 1.54) is 0 Å². The van der Waals surface area contributed by atoms with E-state index in [1.807, 2.05) is 13.0 Å². The van der Waals surface area contributed by atoms with Crippen molar-refractivity contribution in [2.24, 2.45) is 0 Å². The van der Waals surface area contributed by atoms with E-state index in [1.54, 1.807) is 0 Å². The first-order chi connectivity index (χ1) is 7.65. The molecule has 0 bridgehead atoms. The van der Waals surface area contributed by atoms with Crippen molar-refractivity contribution in [2.45, 2.75) is 39.7 Å². The highest BCUT2D eigenvalue weighted by Gasteiger charge is 2.04. The number of rotatable bonds is 6. The predicted molar refractivity (Wildman–Crippen MR) is 68.6 cm³/mol. The summed E-state index contributed by atoms with van der Waals surface area (Å²) in [5.41, 5.74) is 5.64. The first-order valence-corrected chi connectivity index (χ1v) is 5.80. The van der Waals surface area contributed by atoms with Crippen molar-refractivity contribution >= 4 is 17.6 Å². The molecule has 16 heavy (non-hydrogen) atoms. The Balaban J connectivity index is 2.71. The Kier molecular flexibility index (Phi) is 4.82. The van der Waals surface area contributed by atoms with Crippen LogP contribution >= 0.6 is 0 Å². The van der Waals surface area contributed by atoms with Crippen LogP contribution in [0.15, 0.2) is 6.07 Å². The molecule has 5 heteroatoms. The molecule has 0 saturated heterocycles. The lowest BCUT2D eigenvalue weighted by molar-refractivity contribution is 0.687. The Bertz CT molecular complexity index is 326. The Morgan fingerprint density at radius 1 is 1.31 bits per heavy atom. The number of nitrogens with two attached hydrogens (primary N) is 1. The highest BCUT2D eigenvalue weighted by atomic mass is 15.1. The minimum atomic E-state index is 0.296. The van der Waals surface area contributed by atoms with Crippen molar-refractivity contribution in [2.75, 3.05) is 22.9 Å². The SMILES string of the molecule is CCCC(C)Nc1cc(NCC)nc(N)n1. The summed E-state index contributed by atoms with van der Waals surface area (Å²) >= 11 is 0. The van der Waals surface area contributed by atoms with Crippen molar-refractivity contribution in [3.8, 4) is 0 Å². The van der Waals surface area contributed by atoms with E-state index < -0.39 is 0 Å². The fraction of sp³-hybridized carbons (Fsp3) is 0.636. The second kappa shape index (κ2) is 6.15. The quantitative estimate of drug-likeness (QED) is 0.688. The van der Waals surface area contributed by atoms with Gasteiger partial charge in [-0.3, -0.25) is 0 Å². The Morgan fingerprint density at radius 2 is 2.00 bits per heavy atom. The van der Waals surface area contributed by atoms with Gasteiger partial charge in [-0.2, -0.15) is 9.97 Å². The van der Waals surface area contributed by atoms with E-state index in [0.717, 1.165) is 31.0 Å². The third kappa shape index (κ3) is 3.92. The van der Waals surface area contributed by atoms with Gasteiger partial charge in [0.2, 0.25) is 5.95 Å². The molecule has 1 aromatic rings. The number of nitrogens with zero attached hydrogens (tertiary/aromatic N) is 2. The van der Waals surface area contributed by atoms with Crippen LogP contribution in [0.4, 0.5) is 17.6 Å². The van der Waals surface area contributed by atoms with Gasteiger partial charge < -0.3 is 16.4 Å². The van der Waals surface area contributed by atoms with Gasteiger partial charge in [-0.15, -0.1) is 0 Å². The van der Waals surface area contributed by atoms with Gasteiger partial charge >= 0.3 is 0 Å². The maximum Gasteiger partial charge on any atom is 0.223 e. The summed E-state index contributed by atoms with van der Waals surface area (Å²) in [4.78, 5) is 8.25. The summed E-state index contributed by atoms with van der Waals surface area (Å²) in [5, 5.41) is 6.43. The van der Waals surface area contributed by atoms with Crippen LogP contribution in [0.5, 0.6) is 0 Å². The fourth-order valence-corrected chi connectivity index (χ4v) is 1.57. The van der Waals surface area contributed by atoms with E-state index in [2.05, 4.69) is 34.4 Å².